The van der Waals surface area contributed by atoms with Gasteiger partial charge in [0.1, 0.15) is 5.75 Å². The lowest BCUT2D eigenvalue weighted by atomic mass is 10.3. The molecule has 2 N–H and O–H groups in total. The summed E-state index contributed by atoms with van der Waals surface area (Å²) in [5.74, 6) is 0.636. The predicted molar refractivity (Wildman–Crippen MR) is 73.8 cm³/mol. The molecule has 0 saturated heterocycles. The van der Waals surface area contributed by atoms with E-state index in [1.54, 1.807) is 30.2 Å². The smallest absolute Gasteiger partial charge is 0.322 e. The van der Waals surface area contributed by atoms with Crippen LogP contribution in [0.3, 0.4) is 0 Å². The van der Waals surface area contributed by atoms with Gasteiger partial charge in [0.05, 0.1) is 24.4 Å². The van der Waals surface area contributed by atoms with Crippen LogP contribution in [-0.2, 0) is 0 Å². The van der Waals surface area contributed by atoms with Crippen LogP contribution in [0, 0.1) is 0 Å². The molecule has 1 fully saturated rings. The third-order valence-corrected chi connectivity index (χ3v) is 3.32. The number of hydrogen-bond acceptors (Lipinski definition) is 3. The second-order valence-electron chi connectivity index (χ2n) is 4.42. The first-order valence-corrected chi connectivity index (χ1v) is 6.55. The van der Waals surface area contributed by atoms with Gasteiger partial charge in [-0.1, -0.05) is 11.6 Å². The molecule has 2 rings (SSSR count). The SMILES string of the molecule is COc1ccc(NC(=O)N(CCO)C2CC2)c(Cl)c1. The van der Waals surface area contributed by atoms with Crippen molar-refractivity contribution in [2.75, 3.05) is 25.6 Å². The first kappa shape index (κ1) is 14.0. The summed E-state index contributed by atoms with van der Waals surface area (Å²) in [6.07, 6.45) is 1.98. The third-order valence-electron chi connectivity index (χ3n) is 3.01. The first-order valence-electron chi connectivity index (χ1n) is 6.17. The number of aliphatic hydroxyl groups excluding tert-OH is 1. The van der Waals surface area contributed by atoms with Gasteiger partial charge >= 0.3 is 6.03 Å². The summed E-state index contributed by atoms with van der Waals surface area (Å²) in [4.78, 5) is 13.7. The Hall–Kier alpha value is -1.46. The van der Waals surface area contributed by atoms with E-state index in [1.165, 1.54) is 0 Å². The maximum atomic E-state index is 12.1. The molecule has 5 nitrogen and oxygen atoms in total. The van der Waals surface area contributed by atoms with Gasteiger partial charge in [-0.05, 0) is 25.0 Å². The minimum Gasteiger partial charge on any atom is -0.497 e. The maximum Gasteiger partial charge on any atom is 0.322 e. The lowest BCUT2D eigenvalue weighted by molar-refractivity contribution is 0.185. The molecule has 1 aromatic rings. The normalized spacial score (nSPS) is 14.1. The highest BCUT2D eigenvalue weighted by Crippen LogP contribution is 2.29. The monoisotopic (exact) mass is 284 g/mol. The van der Waals surface area contributed by atoms with Crippen molar-refractivity contribution in [3.05, 3.63) is 23.2 Å². The number of urea groups is 1. The van der Waals surface area contributed by atoms with Gasteiger partial charge in [0, 0.05) is 18.7 Å². The second-order valence-corrected chi connectivity index (χ2v) is 4.83. The largest absolute Gasteiger partial charge is 0.497 e. The van der Waals surface area contributed by atoms with Crippen molar-refractivity contribution in [3.8, 4) is 5.75 Å². The van der Waals surface area contributed by atoms with Crippen LogP contribution in [0.15, 0.2) is 18.2 Å². The van der Waals surface area contributed by atoms with Crippen LogP contribution in [0.1, 0.15) is 12.8 Å². The molecule has 6 heteroatoms. The molecule has 0 unspecified atom stereocenters. The summed E-state index contributed by atoms with van der Waals surface area (Å²) in [7, 11) is 1.56. The Kier molecular flexibility index (Phi) is 4.50. The lowest BCUT2D eigenvalue weighted by Gasteiger charge is -2.22. The summed E-state index contributed by atoms with van der Waals surface area (Å²) in [6, 6.07) is 5.08. The number of anilines is 1. The Morgan fingerprint density at radius 1 is 1.58 bits per heavy atom. The number of aliphatic hydroxyl groups is 1. The number of ether oxygens (including phenoxy) is 1. The minimum absolute atomic E-state index is 0.0414. The van der Waals surface area contributed by atoms with Crippen LogP contribution in [0.25, 0.3) is 0 Å². The molecule has 2 amide bonds. The summed E-state index contributed by atoms with van der Waals surface area (Å²) in [5.41, 5.74) is 0.538. The number of benzene rings is 1. The van der Waals surface area contributed by atoms with E-state index in [0.717, 1.165) is 12.8 Å². The quantitative estimate of drug-likeness (QED) is 0.872. The second kappa shape index (κ2) is 6.12. The molecule has 1 aromatic carbocycles. The van der Waals surface area contributed by atoms with Crippen molar-refractivity contribution in [1.29, 1.82) is 0 Å². The van der Waals surface area contributed by atoms with Gasteiger partial charge in [-0.15, -0.1) is 0 Å². The van der Waals surface area contributed by atoms with E-state index in [1.807, 2.05) is 0 Å². The topological polar surface area (TPSA) is 61.8 Å². The molecule has 0 aliphatic heterocycles. The Morgan fingerprint density at radius 2 is 2.32 bits per heavy atom. The van der Waals surface area contributed by atoms with E-state index in [0.29, 0.717) is 23.0 Å². The number of carbonyl (C=O) groups is 1. The minimum atomic E-state index is -0.233. The molecule has 0 radical (unpaired) electrons. The van der Waals surface area contributed by atoms with E-state index in [2.05, 4.69) is 5.32 Å². The van der Waals surface area contributed by atoms with Gasteiger partial charge in [0.15, 0.2) is 0 Å². The maximum absolute atomic E-state index is 12.1. The number of hydrogen-bond donors (Lipinski definition) is 2. The zero-order valence-corrected chi connectivity index (χ0v) is 11.5. The molecule has 1 aliphatic rings. The number of amides is 2. The van der Waals surface area contributed by atoms with Gasteiger partial charge in [-0.2, -0.15) is 0 Å². The Morgan fingerprint density at radius 3 is 2.84 bits per heavy atom. The molecule has 0 aromatic heterocycles. The highest BCUT2D eigenvalue weighted by Gasteiger charge is 2.32. The Balaban J connectivity index is 2.04. The molecule has 1 saturated carbocycles. The fourth-order valence-electron chi connectivity index (χ4n) is 1.86. The lowest BCUT2D eigenvalue weighted by Crippen LogP contribution is -2.38. The number of halogens is 1. The summed E-state index contributed by atoms with van der Waals surface area (Å²) >= 11 is 6.07. The van der Waals surface area contributed by atoms with Crippen molar-refractivity contribution in [3.63, 3.8) is 0 Å². The summed E-state index contributed by atoms with van der Waals surface area (Å²) < 4.78 is 5.05. The van der Waals surface area contributed by atoms with Crippen molar-refractivity contribution >= 4 is 23.3 Å². The van der Waals surface area contributed by atoms with Crippen LogP contribution < -0.4 is 10.1 Å². The van der Waals surface area contributed by atoms with E-state index in [4.69, 9.17) is 21.4 Å². The van der Waals surface area contributed by atoms with E-state index in [9.17, 15) is 4.79 Å². The molecule has 1 aliphatic carbocycles. The molecule has 0 atom stereocenters. The van der Waals surface area contributed by atoms with Crippen molar-refractivity contribution in [2.24, 2.45) is 0 Å². The molecule has 0 spiro atoms. The number of nitrogens with one attached hydrogen (secondary N) is 1. The van der Waals surface area contributed by atoms with Crippen molar-refractivity contribution in [2.45, 2.75) is 18.9 Å². The number of carbonyl (C=O) groups excluding carboxylic acids is 1. The highest BCUT2D eigenvalue weighted by molar-refractivity contribution is 6.33. The number of rotatable bonds is 5. The summed E-state index contributed by atoms with van der Waals surface area (Å²) in [5, 5.41) is 12.2. The standard InChI is InChI=1S/C13H17ClN2O3/c1-19-10-4-5-12(11(14)8-10)15-13(18)16(6-7-17)9-2-3-9/h4-5,8-9,17H,2-3,6-7H2,1H3,(H,15,18). The Bertz CT molecular complexity index is 463. The Labute approximate surface area is 117 Å². The fraction of sp³-hybridized carbons (Fsp3) is 0.462. The van der Waals surface area contributed by atoms with E-state index in [-0.39, 0.29) is 18.7 Å². The molecule has 104 valence electrons. The van der Waals surface area contributed by atoms with Crippen LogP contribution in [-0.4, -0.2) is 42.3 Å². The fourth-order valence-corrected chi connectivity index (χ4v) is 2.07. The van der Waals surface area contributed by atoms with Crippen molar-refractivity contribution in [1.82, 2.24) is 4.90 Å². The van der Waals surface area contributed by atoms with Crippen LogP contribution in [0.2, 0.25) is 5.02 Å². The molecule has 0 heterocycles. The number of nitrogens with zero attached hydrogens (tertiary/aromatic N) is 1. The van der Waals surface area contributed by atoms with Gasteiger partial charge in [-0.3, -0.25) is 0 Å². The van der Waals surface area contributed by atoms with Gasteiger partial charge in [0.25, 0.3) is 0 Å². The predicted octanol–water partition coefficient (Wildman–Crippen LogP) is 2.34. The van der Waals surface area contributed by atoms with Gasteiger partial charge in [0.2, 0.25) is 0 Å². The van der Waals surface area contributed by atoms with Crippen LogP contribution >= 0.6 is 11.6 Å². The van der Waals surface area contributed by atoms with Crippen molar-refractivity contribution < 1.29 is 14.6 Å². The number of methoxy groups -OCH3 is 1. The summed E-state index contributed by atoms with van der Waals surface area (Å²) in [6.45, 7) is 0.296. The molecular formula is C13H17ClN2O3. The molecular weight excluding hydrogens is 268 g/mol. The van der Waals surface area contributed by atoms with Gasteiger partial charge < -0.3 is 20.1 Å². The first-order chi connectivity index (χ1) is 9.15. The van der Waals surface area contributed by atoms with Crippen LogP contribution in [0.4, 0.5) is 10.5 Å². The molecule has 19 heavy (non-hydrogen) atoms. The van der Waals surface area contributed by atoms with E-state index >= 15 is 0 Å². The average molecular weight is 285 g/mol. The van der Waals surface area contributed by atoms with Crippen LogP contribution in [0.5, 0.6) is 5.75 Å². The average Bonchev–Trinajstić information content (AvgIpc) is 3.22. The van der Waals surface area contributed by atoms with E-state index < -0.39 is 0 Å². The molecule has 0 bridgehead atoms. The highest BCUT2D eigenvalue weighted by atomic mass is 35.5. The van der Waals surface area contributed by atoms with Gasteiger partial charge in [-0.25, -0.2) is 4.79 Å². The zero-order chi connectivity index (χ0) is 13.8. The third kappa shape index (κ3) is 3.52. The zero-order valence-electron chi connectivity index (χ0n) is 10.7.